The second-order valence-electron chi connectivity index (χ2n) is 5.90. The molecular weight excluding hydrogens is 454 g/mol. The zero-order valence-corrected chi connectivity index (χ0v) is 18.3. The molecule has 0 heterocycles. The molecule has 0 saturated heterocycles. The minimum Gasteiger partial charge on any atom is -0.288 e. The summed E-state index contributed by atoms with van der Waals surface area (Å²) in [6.45, 7) is 0. The number of rotatable bonds is 6. The summed E-state index contributed by atoms with van der Waals surface area (Å²) >= 11 is 25.8. The van der Waals surface area contributed by atoms with Crippen molar-refractivity contribution in [2.45, 2.75) is 5.75 Å². The lowest BCUT2D eigenvalue weighted by Crippen LogP contribution is -2.01. The molecule has 0 N–H and O–H groups in total. The van der Waals surface area contributed by atoms with E-state index >= 15 is 0 Å². The SMILES string of the molecule is O=C(/C(=C\c1cccc(Cl)c1Cl)SCc1ccc(Cl)cc1)c1ccc(Cl)cc1. The van der Waals surface area contributed by atoms with Gasteiger partial charge in [-0.3, -0.25) is 4.79 Å². The number of carbonyl (C=O) groups excluding carboxylic acids is 1. The van der Waals surface area contributed by atoms with Gasteiger partial charge in [0.2, 0.25) is 0 Å². The maximum Gasteiger partial charge on any atom is 0.199 e. The highest BCUT2D eigenvalue weighted by molar-refractivity contribution is 8.03. The molecule has 0 radical (unpaired) electrons. The molecule has 0 aliphatic heterocycles. The van der Waals surface area contributed by atoms with Gasteiger partial charge in [-0.1, -0.05) is 70.7 Å². The van der Waals surface area contributed by atoms with Gasteiger partial charge in [0, 0.05) is 21.4 Å². The molecule has 6 heteroatoms. The number of halogens is 4. The summed E-state index contributed by atoms with van der Waals surface area (Å²) < 4.78 is 0. The van der Waals surface area contributed by atoms with Crippen molar-refractivity contribution in [2.24, 2.45) is 0 Å². The van der Waals surface area contributed by atoms with E-state index in [0.717, 1.165) is 5.56 Å². The van der Waals surface area contributed by atoms with Crippen molar-refractivity contribution in [3.05, 3.63) is 108 Å². The van der Waals surface area contributed by atoms with Crippen molar-refractivity contribution < 1.29 is 4.79 Å². The van der Waals surface area contributed by atoms with Gasteiger partial charge < -0.3 is 0 Å². The lowest BCUT2D eigenvalue weighted by Gasteiger charge is -2.09. The fourth-order valence-electron chi connectivity index (χ4n) is 2.43. The molecule has 0 bridgehead atoms. The van der Waals surface area contributed by atoms with Crippen LogP contribution in [0.5, 0.6) is 0 Å². The molecule has 28 heavy (non-hydrogen) atoms. The molecule has 0 saturated carbocycles. The molecule has 0 unspecified atom stereocenters. The van der Waals surface area contributed by atoms with Crippen LogP contribution in [-0.2, 0) is 5.75 Å². The van der Waals surface area contributed by atoms with Gasteiger partial charge in [0.25, 0.3) is 0 Å². The molecule has 0 atom stereocenters. The minimum absolute atomic E-state index is 0.105. The number of carbonyl (C=O) groups is 1. The normalized spacial score (nSPS) is 11.5. The van der Waals surface area contributed by atoms with E-state index in [2.05, 4.69) is 0 Å². The first-order chi connectivity index (χ1) is 13.4. The molecule has 0 aliphatic rings. The Bertz CT molecular complexity index is 1010. The summed E-state index contributed by atoms with van der Waals surface area (Å²) in [6, 6.07) is 19.7. The van der Waals surface area contributed by atoms with Gasteiger partial charge in [-0.2, -0.15) is 0 Å². The number of hydrogen-bond acceptors (Lipinski definition) is 2. The highest BCUT2D eigenvalue weighted by Crippen LogP contribution is 2.32. The molecule has 3 aromatic rings. The Labute approximate surface area is 188 Å². The van der Waals surface area contributed by atoms with E-state index in [1.165, 1.54) is 11.8 Å². The molecule has 0 fully saturated rings. The van der Waals surface area contributed by atoms with Crippen molar-refractivity contribution in [3.8, 4) is 0 Å². The molecular formula is C22H14Cl4OS. The largest absolute Gasteiger partial charge is 0.288 e. The lowest BCUT2D eigenvalue weighted by atomic mass is 10.1. The van der Waals surface area contributed by atoms with Crippen molar-refractivity contribution in [1.82, 2.24) is 0 Å². The molecule has 142 valence electrons. The molecule has 3 rings (SSSR count). The summed E-state index contributed by atoms with van der Waals surface area (Å²) in [4.78, 5) is 13.7. The molecule has 0 amide bonds. The van der Waals surface area contributed by atoms with Gasteiger partial charge in [-0.05, 0) is 59.7 Å². The maximum absolute atomic E-state index is 13.1. The second-order valence-corrected chi connectivity index (χ2v) is 8.58. The number of benzene rings is 3. The lowest BCUT2D eigenvalue weighted by molar-refractivity contribution is 0.104. The van der Waals surface area contributed by atoms with Crippen molar-refractivity contribution >= 4 is 70.0 Å². The van der Waals surface area contributed by atoms with Crippen molar-refractivity contribution in [3.63, 3.8) is 0 Å². The summed E-state index contributed by atoms with van der Waals surface area (Å²) in [7, 11) is 0. The predicted octanol–water partition coefficient (Wildman–Crippen LogP) is 8.46. The summed E-state index contributed by atoms with van der Waals surface area (Å²) in [5.74, 6) is 0.507. The summed E-state index contributed by atoms with van der Waals surface area (Å²) in [5, 5.41) is 2.11. The van der Waals surface area contributed by atoms with Gasteiger partial charge in [-0.15, -0.1) is 11.8 Å². The van der Waals surface area contributed by atoms with E-state index in [9.17, 15) is 4.79 Å². The average Bonchev–Trinajstić information content (AvgIpc) is 2.69. The van der Waals surface area contributed by atoms with E-state index in [1.807, 2.05) is 30.3 Å². The molecule has 0 aliphatic carbocycles. The second kappa shape index (κ2) is 9.87. The smallest absolute Gasteiger partial charge is 0.199 e. The Hall–Kier alpha value is -1.42. The van der Waals surface area contributed by atoms with E-state index in [0.29, 0.717) is 41.9 Å². The minimum atomic E-state index is -0.105. The maximum atomic E-state index is 13.1. The summed E-state index contributed by atoms with van der Waals surface area (Å²) in [6.07, 6.45) is 1.77. The third kappa shape index (κ3) is 5.56. The number of hydrogen-bond donors (Lipinski definition) is 0. The van der Waals surface area contributed by atoms with Gasteiger partial charge in [0.05, 0.1) is 15.0 Å². The van der Waals surface area contributed by atoms with Crippen LogP contribution in [0.3, 0.4) is 0 Å². The molecule has 0 aromatic heterocycles. The Balaban J connectivity index is 1.93. The fraction of sp³-hybridized carbons (Fsp3) is 0.0455. The Morgan fingerprint density at radius 2 is 1.43 bits per heavy atom. The van der Waals surface area contributed by atoms with E-state index in [1.54, 1.807) is 42.5 Å². The Morgan fingerprint density at radius 3 is 2.07 bits per heavy atom. The first kappa shape index (κ1) is 21.3. The monoisotopic (exact) mass is 466 g/mol. The Morgan fingerprint density at radius 1 is 0.821 bits per heavy atom. The number of allylic oxidation sites excluding steroid dienone is 1. The van der Waals surface area contributed by atoms with E-state index < -0.39 is 0 Å². The van der Waals surface area contributed by atoms with Crippen LogP contribution in [0.2, 0.25) is 20.1 Å². The predicted molar refractivity (Wildman–Crippen MR) is 123 cm³/mol. The van der Waals surface area contributed by atoms with Crippen LogP contribution < -0.4 is 0 Å². The van der Waals surface area contributed by atoms with E-state index in [-0.39, 0.29) is 5.78 Å². The fourth-order valence-corrected chi connectivity index (χ4v) is 4.02. The van der Waals surface area contributed by atoms with Crippen LogP contribution >= 0.6 is 58.2 Å². The van der Waals surface area contributed by atoms with Crippen LogP contribution in [0.25, 0.3) is 6.08 Å². The van der Waals surface area contributed by atoms with Crippen LogP contribution in [0.1, 0.15) is 21.5 Å². The highest BCUT2D eigenvalue weighted by atomic mass is 35.5. The zero-order valence-electron chi connectivity index (χ0n) is 14.5. The summed E-state index contributed by atoms with van der Waals surface area (Å²) in [5.41, 5.74) is 2.30. The molecule has 0 spiro atoms. The number of thioether (sulfide) groups is 1. The van der Waals surface area contributed by atoms with Crippen LogP contribution in [0, 0.1) is 0 Å². The number of ketones is 1. The highest BCUT2D eigenvalue weighted by Gasteiger charge is 2.15. The quantitative estimate of drug-likeness (QED) is 0.267. The third-order valence-electron chi connectivity index (χ3n) is 3.91. The first-order valence-corrected chi connectivity index (χ1v) is 10.8. The standard InChI is InChI=1S/C22H14Cl4OS/c23-17-8-4-14(5-9-17)13-28-20(12-16-2-1-3-19(25)21(16)26)22(27)15-6-10-18(24)11-7-15/h1-12H,13H2/b20-12+. The van der Waals surface area contributed by atoms with Gasteiger partial charge in [0.1, 0.15) is 0 Å². The average molecular weight is 468 g/mol. The van der Waals surface area contributed by atoms with E-state index in [4.69, 9.17) is 46.4 Å². The first-order valence-electron chi connectivity index (χ1n) is 8.27. The topological polar surface area (TPSA) is 17.1 Å². The van der Waals surface area contributed by atoms with Gasteiger partial charge >= 0.3 is 0 Å². The number of Topliss-reactive ketones (excluding diaryl/α,β-unsaturated/α-hetero) is 1. The molecule has 1 nitrogen and oxygen atoms in total. The van der Waals surface area contributed by atoms with Crippen molar-refractivity contribution in [2.75, 3.05) is 0 Å². The van der Waals surface area contributed by atoms with Crippen LogP contribution in [0.15, 0.2) is 71.6 Å². The Kier molecular flexibility index (Phi) is 7.50. The zero-order chi connectivity index (χ0) is 20.1. The van der Waals surface area contributed by atoms with Crippen LogP contribution in [0.4, 0.5) is 0 Å². The van der Waals surface area contributed by atoms with Gasteiger partial charge in [0.15, 0.2) is 5.78 Å². The molecule has 3 aromatic carbocycles. The van der Waals surface area contributed by atoms with Crippen LogP contribution in [-0.4, -0.2) is 5.78 Å². The van der Waals surface area contributed by atoms with Gasteiger partial charge in [-0.25, -0.2) is 0 Å². The van der Waals surface area contributed by atoms with Crippen molar-refractivity contribution in [1.29, 1.82) is 0 Å². The third-order valence-corrected chi connectivity index (χ3v) is 6.34.